The number of halogens is 3. The van der Waals surface area contributed by atoms with Gasteiger partial charge in [-0.15, -0.1) is 0 Å². The first-order valence-electron chi connectivity index (χ1n) is 8.83. The molecule has 146 valence electrons. The molecule has 0 aliphatic heterocycles. The van der Waals surface area contributed by atoms with E-state index in [0.29, 0.717) is 46.8 Å². The molecule has 0 unspecified atom stereocenters. The molecule has 27 heavy (non-hydrogen) atoms. The molecule has 1 aromatic heterocycles. The number of hydrogen-bond acceptors (Lipinski definition) is 3. The SMILES string of the molecule is CCc1nn(CC)c(-c2ccc(CC(C)(C)C(F)(F)F)cc2OC)c1C#N. The van der Waals surface area contributed by atoms with E-state index in [0.717, 1.165) is 0 Å². The molecule has 4 nitrogen and oxygen atoms in total. The Morgan fingerprint density at radius 1 is 1.22 bits per heavy atom. The second-order valence-corrected chi connectivity index (χ2v) is 7.04. The number of ether oxygens (including phenoxy) is 1. The lowest BCUT2D eigenvalue weighted by atomic mass is 9.84. The summed E-state index contributed by atoms with van der Waals surface area (Å²) in [6.45, 7) is 6.77. The quantitative estimate of drug-likeness (QED) is 0.698. The summed E-state index contributed by atoms with van der Waals surface area (Å²) in [7, 11) is 1.47. The maximum atomic E-state index is 13.2. The molecule has 7 heteroatoms. The van der Waals surface area contributed by atoms with Crippen LogP contribution >= 0.6 is 0 Å². The first kappa shape index (κ1) is 20.8. The van der Waals surface area contributed by atoms with Gasteiger partial charge in [-0.25, -0.2) is 0 Å². The Hall–Kier alpha value is -2.49. The fourth-order valence-corrected chi connectivity index (χ4v) is 3.03. The summed E-state index contributed by atoms with van der Waals surface area (Å²) in [4.78, 5) is 0. The van der Waals surface area contributed by atoms with Gasteiger partial charge in [0.1, 0.15) is 17.4 Å². The number of nitriles is 1. The molecule has 0 aliphatic rings. The Kier molecular flexibility index (Phi) is 5.88. The Morgan fingerprint density at radius 2 is 1.89 bits per heavy atom. The van der Waals surface area contributed by atoms with Crippen molar-refractivity contribution in [2.24, 2.45) is 5.41 Å². The van der Waals surface area contributed by atoms with E-state index in [-0.39, 0.29) is 6.42 Å². The second kappa shape index (κ2) is 7.63. The maximum absolute atomic E-state index is 13.2. The summed E-state index contributed by atoms with van der Waals surface area (Å²) in [5, 5.41) is 14.1. The van der Waals surface area contributed by atoms with Gasteiger partial charge in [0.25, 0.3) is 0 Å². The van der Waals surface area contributed by atoms with Crippen LogP contribution < -0.4 is 4.74 Å². The van der Waals surface area contributed by atoms with Gasteiger partial charge in [0.15, 0.2) is 0 Å². The van der Waals surface area contributed by atoms with Crippen molar-refractivity contribution in [3.63, 3.8) is 0 Å². The topological polar surface area (TPSA) is 50.8 Å². The van der Waals surface area contributed by atoms with Gasteiger partial charge in [0.05, 0.1) is 23.9 Å². The van der Waals surface area contributed by atoms with E-state index in [1.807, 2.05) is 13.8 Å². The van der Waals surface area contributed by atoms with Crippen LogP contribution in [0.1, 0.15) is 44.5 Å². The van der Waals surface area contributed by atoms with E-state index in [1.54, 1.807) is 22.9 Å². The van der Waals surface area contributed by atoms with Crippen LogP contribution in [0.3, 0.4) is 0 Å². The molecule has 0 spiro atoms. The van der Waals surface area contributed by atoms with Crippen LogP contribution in [0.25, 0.3) is 11.3 Å². The average Bonchev–Trinajstić information content (AvgIpc) is 2.97. The Bertz CT molecular complexity index is 861. The molecule has 0 amide bonds. The number of alkyl halides is 3. The molecular weight excluding hydrogens is 355 g/mol. The lowest BCUT2D eigenvalue weighted by Gasteiger charge is -2.28. The van der Waals surface area contributed by atoms with Gasteiger partial charge in [-0.2, -0.15) is 23.5 Å². The van der Waals surface area contributed by atoms with Gasteiger partial charge >= 0.3 is 6.18 Å². The zero-order chi connectivity index (χ0) is 20.4. The van der Waals surface area contributed by atoms with E-state index in [1.165, 1.54) is 21.0 Å². The van der Waals surface area contributed by atoms with Gasteiger partial charge < -0.3 is 4.74 Å². The van der Waals surface area contributed by atoms with E-state index in [4.69, 9.17) is 4.74 Å². The second-order valence-electron chi connectivity index (χ2n) is 7.04. The zero-order valence-corrected chi connectivity index (χ0v) is 16.2. The molecule has 0 saturated carbocycles. The standard InChI is InChI=1S/C20H24F3N3O/c1-6-16-15(12-24)18(26(7-2)25-16)14-9-8-13(10-17(14)27-5)11-19(3,4)20(21,22)23/h8-10H,6-7,11H2,1-5H3. The number of aryl methyl sites for hydroxylation is 2. The summed E-state index contributed by atoms with van der Waals surface area (Å²) in [5.74, 6) is 0.430. The fourth-order valence-electron chi connectivity index (χ4n) is 3.03. The summed E-state index contributed by atoms with van der Waals surface area (Å²) < 4.78 is 46.8. The van der Waals surface area contributed by atoms with Crippen LogP contribution in [-0.2, 0) is 19.4 Å². The highest BCUT2D eigenvalue weighted by Gasteiger charge is 2.47. The van der Waals surface area contributed by atoms with Gasteiger partial charge in [0, 0.05) is 12.1 Å². The van der Waals surface area contributed by atoms with Crippen LogP contribution in [-0.4, -0.2) is 23.1 Å². The minimum Gasteiger partial charge on any atom is -0.496 e. The molecule has 0 saturated heterocycles. The van der Waals surface area contributed by atoms with Crippen LogP contribution in [0.5, 0.6) is 5.75 Å². The number of rotatable bonds is 6. The predicted octanol–water partition coefficient (Wildman–Crippen LogP) is 5.14. The maximum Gasteiger partial charge on any atom is 0.394 e. The van der Waals surface area contributed by atoms with Crippen molar-refractivity contribution in [2.45, 2.75) is 53.3 Å². The monoisotopic (exact) mass is 379 g/mol. The van der Waals surface area contributed by atoms with Crippen molar-refractivity contribution >= 4 is 0 Å². The van der Waals surface area contributed by atoms with Gasteiger partial charge in [-0.1, -0.05) is 26.8 Å². The van der Waals surface area contributed by atoms with Crippen molar-refractivity contribution in [2.75, 3.05) is 7.11 Å². The largest absolute Gasteiger partial charge is 0.496 e. The van der Waals surface area contributed by atoms with Crippen molar-refractivity contribution in [3.05, 3.63) is 35.0 Å². The molecule has 0 atom stereocenters. The summed E-state index contributed by atoms with van der Waals surface area (Å²) in [6, 6.07) is 7.19. The molecule has 1 aromatic carbocycles. The first-order valence-corrected chi connectivity index (χ1v) is 8.83. The third kappa shape index (κ3) is 3.95. The number of aromatic nitrogens is 2. The molecule has 0 aliphatic carbocycles. The minimum atomic E-state index is -4.30. The molecule has 2 rings (SSSR count). The molecule has 0 bridgehead atoms. The van der Waals surface area contributed by atoms with Gasteiger partial charge in [0.2, 0.25) is 0 Å². The lowest BCUT2D eigenvalue weighted by Crippen LogP contribution is -2.34. The number of hydrogen-bond donors (Lipinski definition) is 0. The first-order chi connectivity index (χ1) is 12.6. The number of benzene rings is 1. The van der Waals surface area contributed by atoms with E-state index < -0.39 is 11.6 Å². The highest BCUT2D eigenvalue weighted by Crippen LogP contribution is 2.42. The van der Waals surface area contributed by atoms with Gasteiger partial charge in [-0.05, 0) is 37.5 Å². The molecule has 0 fully saturated rings. The highest BCUT2D eigenvalue weighted by molar-refractivity contribution is 5.74. The van der Waals surface area contributed by atoms with E-state index in [2.05, 4.69) is 11.2 Å². The Morgan fingerprint density at radius 3 is 2.37 bits per heavy atom. The molecule has 1 heterocycles. The summed E-state index contributed by atoms with van der Waals surface area (Å²) >= 11 is 0. The summed E-state index contributed by atoms with van der Waals surface area (Å²) in [5.41, 5.74) is 1.12. The smallest absolute Gasteiger partial charge is 0.394 e. The van der Waals surface area contributed by atoms with Crippen molar-refractivity contribution in [1.29, 1.82) is 5.26 Å². The minimum absolute atomic E-state index is 0.161. The molecule has 0 N–H and O–H groups in total. The zero-order valence-electron chi connectivity index (χ0n) is 16.2. The van der Waals surface area contributed by atoms with Gasteiger partial charge in [-0.3, -0.25) is 4.68 Å². The Balaban J connectivity index is 2.56. The predicted molar refractivity (Wildman–Crippen MR) is 97.5 cm³/mol. The Labute approximate surface area is 157 Å². The third-order valence-corrected chi connectivity index (χ3v) is 4.71. The fraction of sp³-hybridized carbons (Fsp3) is 0.500. The van der Waals surface area contributed by atoms with Crippen molar-refractivity contribution in [3.8, 4) is 23.1 Å². The van der Waals surface area contributed by atoms with Crippen LogP contribution in [0, 0.1) is 16.7 Å². The number of methoxy groups -OCH3 is 1. The van der Waals surface area contributed by atoms with E-state index >= 15 is 0 Å². The van der Waals surface area contributed by atoms with Crippen LogP contribution in [0.4, 0.5) is 13.2 Å². The average molecular weight is 379 g/mol. The molecular formula is C20H24F3N3O. The van der Waals surface area contributed by atoms with Crippen LogP contribution in [0.15, 0.2) is 18.2 Å². The highest BCUT2D eigenvalue weighted by atomic mass is 19.4. The normalized spacial score (nSPS) is 12.1. The van der Waals surface area contributed by atoms with E-state index in [9.17, 15) is 18.4 Å². The van der Waals surface area contributed by atoms with Crippen molar-refractivity contribution in [1.82, 2.24) is 9.78 Å². The molecule has 0 radical (unpaired) electrons. The molecule has 2 aromatic rings. The lowest BCUT2D eigenvalue weighted by molar-refractivity contribution is -0.211. The third-order valence-electron chi connectivity index (χ3n) is 4.71. The summed E-state index contributed by atoms with van der Waals surface area (Å²) in [6.07, 6.45) is -3.85. The number of nitrogens with zero attached hydrogens (tertiary/aromatic N) is 3. The van der Waals surface area contributed by atoms with Crippen LogP contribution in [0.2, 0.25) is 0 Å². The van der Waals surface area contributed by atoms with Crippen molar-refractivity contribution < 1.29 is 17.9 Å².